The summed E-state index contributed by atoms with van der Waals surface area (Å²) in [7, 11) is 0. The molecule has 1 atom stereocenters. The van der Waals surface area contributed by atoms with Crippen LogP contribution < -0.4 is 0 Å². The van der Waals surface area contributed by atoms with Crippen molar-refractivity contribution in [1.82, 2.24) is 0 Å². The topological polar surface area (TPSA) is 26.3 Å². The summed E-state index contributed by atoms with van der Waals surface area (Å²) in [6.45, 7) is 8.75. The molecular weight excluding hydrogens is 128 g/mol. The third kappa shape index (κ3) is 5.35. The standard InChI is InChI=1S/C8H14O2/c1-6(2)10-8(4)5-7(3)9/h8H,1,5H2,2-4H3. The van der Waals surface area contributed by atoms with E-state index in [4.69, 9.17) is 4.74 Å². The van der Waals surface area contributed by atoms with Crippen molar-refractivity contribution in [2.24, 2.45) is 0 Å². The number of carbonyl (C=O) groups is 1. The summed E-state index contributed by atoms with van der Waals surface area (Å²) >= 11 is 0. The molecule has 0 aromatic carbocycles. The molecule has 0 fully saturated rings. The predicted molar refractivity (Wildman–Crippen MR) is 40.7 cm³/mol. The highest BCUT2D eigenvalue weighted by molar-refractivity contribution is 5.75. The van der Waals surface area contributed by atoms with Crippen molar-refractivity contribution in [2.45, 2.75) is 33.3 Å². The number of allylic oxidation sites excluding steroid dienone is 1. The molecule has 0 aromatic rings. The van der Waals surface area contributed by atoms with Crippen molar-refractivity contribution < 1.29 is 9.53 Å². The Morgan fingerprint density at radius 1 is 1.60 bits per heavy atom. The van der Waals surface area contributed by atoms with E-state index in [1.807, 2.05) is 6.92 Å². The minimum Gasteiger partial charge on any atom is -0.496 e. The van der Waals surface area contributed by atoms with Crippen LogP contribution in [-0.2, 0) is 9.53 Å². The van der Waals surface area contributed by atoms with Gasteiger partial charge in [0.05, 0.1) is 5.76 Å². The second-order valence-electron chi connectivity index (χ2n) is 2.54. The molecule has 58 valence electrons. The number of carbonyl (C=O) groups excluding carboxylic acids is 1. The third-order valence-corrected chi connectivity index (χ3v) is 0.977. The molecule has 0 aliphatic heterocycles. The number of hydrogen-bond donors (Lipinski definition) is 0. The molecule has 0 aromatic heterocycles. The van der Waals surface area contributed by atoms with Crippen LogP contribution >= 0.6 is 0 Å². The molecule has 0 radical (unpaired) electrons. The Hall–Kier alpha value is -0.790. The molecule has 0 heterocycles. The van der Waals surface area contributed by atoms with Gasteiger partial charge < -0.3 is 4.74 Å². The van der Waals surface area contributed by atoms with Gasteiger partial charge in [-0.15, -0.1) is 0 Å². The molecule has 1 unspecified atom stereocenters. The molecule has 2 nitrogen and oxygen atoms in total. The summed E-state index contributed by atoms with van der Waals surface area (Å²) in [5, 5.41) is 0. The molecule has 0 amide bonds. The van der Waals surface area contributed by atoms with E-state index in [-0.39, 0.29) is 11.9 Å². The van der Waals surface area contributed by atoms with Crippen LogP contribution in [0.15, 0.2) is 12.3 Å². The maximum absolute atomic E-state index is 10.5. The quantitative estimate of drug-likeness (QED) is 0.560. The Morgan fingerprint density at radius 3 is 2.40 bits per heavy atom. The zero-order valence-corrected chi connectivity index (χ0v) is 6.81. The van der Waals surface area contributed by atoms with E-state index in [1.54, 1.807) is 13.8 Å². The van der Waals surface area contributed by atoms with Crippen LogP contribution in [0.1, 0.15) is 27.2 Å². The maximum atomic E-state index is 10.5. The van der Waals surface area contributed by atoms with Gasteiger partial charge >= 0.3 is 0 Å². The van der Waals surface area contributed by atoms with Crippen LogP contribution in [-0.4, -0.2) is 11.9 Å². The lowest BCUT2D eigenvalue weighted by Crippen LogP contribution is -2.10. The minimum atomic E-state index is -0.0324. The van der Waals surface area contributed by atoms with Crippen molar-refractivity contribution in [3.63, 3.8) is 0 Å². The Morgan fingerprint density at radius 2 is 2.10 bits per heavy atom. The second-order valence-corrected chi connectivity index (χ2v) is 2.54. The van der Waals surface area contributed by atoms with E-state index in [0.29, 0.717) is 12.2 Å². The fourth-order valence-electron chi connectivity index (χ4n) is 0.790. The number of ketones is 1. The number of rotatable bonds is 4. The molecule has 0 saturated heterocycles. The SMILES string of the molecule is C=C(C)OC(C)CC(C)=O. The van der Waals surface area contributed by atoms with Crippen molar-refractivity contribution >= 4 is 5.78 Å². The Kier molecular flexibility index (Phi) is 3.77. The van der Waals surface area contributed by atoms with Crippen LogP contribution in [0.2, 0.25) is 0 Å². The first-order valence-electron chi connectivity index (χ1n) is 3.34. The van der Waals surface area contributed by atoms with Gasteiger partial charge in [0.2, 0.25) is 0 Å². The smallest absolute Gasteiger partial charge is 0.133 e. The average Bonchev–Trinajstić information content (AvgIpc) is 1.58. The lowest BCUT2D eigenvalue weighted by atomic mass is 10.2. The zero-order valence-electron chi connectivity index (χ0n) is 6.81. The monoisotopic (exact) mass is 142 g/mol. The lowest BCUT2D eigenvalue weighted by Gasteiger charge is -2.11. The van der Waals surface area contributed by atoms with Gasteiger partial charge in [-0.1, -0.05) is 6.58 Å². The van der Waals surface area contributed by atoms with E-state index in [1.165, 1.54) is 0 Å². The van der Waals surface area contributed by atoms with E-state index in [0.717, 1.165) is 0 Å². The number of ether oxygens (including phenoxy) is 1. The summed E-state index contributed by atoms with van der Waals surface area (Å²) in [6.07, 6.45) is 0.433. The van der Waals surface area contributed by atoms with Crippen molar-refractivity contribution in [2.75, 3.05) is 0 Å². The Balaban J connectivity index is 3.53. The number of hydrogen-bond acceptors (Lipinski definition) is 2. The van der Waals surface area contributed by atoms with E-state index in [2.05, 4.69) is 6.58 Å². The summed E-state index contributed by atoms with van der Waals surface area (Å²) in [6, 6.07) is 0. The molecule has 0 saturated carbocycles. The lowest BCUT2D eigenvalue weighted by molar-refractivity contribution is -0.118. The van der Waals surface area contributed by atoms with Gasteiger partial charge in [-0.25, -0.2) is 0 Å². The fraction of sp³-hybridized carbons (Fsp3) is 0.625. The van der Waals surface area contributed by atoms with Crippen LogP contribution in [0.5, 0.6) is 0 Å². The molecule has 10 heavy (non-hydrogen) atoms. The van der Waals surface area contributed by atoms with Gasteiger partial charge in [-0.2, -0.15) is 0 Å². The van der Waals surface area contributed by atoms with Crippen molar-refractivity contribution in [3.8, 4) is 0 Å². The molecule has 2 heteroatoms. The summed E-state index contributed by atoms with van der Waals surface area (Å²) in [5.74, 6) is 0.808. The van der Waals surface area contributed by atoms with Crippen LogP contribution in [0, 0.1) is 0 Å². The zero-order chi connectivity index (χ0) is 8.15. The highest BCUT2D eigenvalue weighted by Crippen LogP contribution is 2.02. The largest absolute Gasteiger partial charge is 0.496 e. The fourth-order valence-corrected chi connectivity index (χ4v) is 0.790. The molecule has 0 spiro atoms. The maximum Gasteiger partial charge on any atom is 0.133 e. The van der Waals surface area contributed by atoms with Crippen LogP contribution in [0.4, 0.5) is 0 Å². The highest BCUT2D eigenvalue weighted by atomic mass is 16.5. The molecule has 0 bridgehead atoms. The van der Waals surface area contributed by atoms with Gasteiger partial charge in [0.15, 0.2) is 0 Å². The van der Waals surface area contributed by atoms with Gasteiger partial charge in [0.25, 0.3) is 0 Å². The molecule has 0 aliphatic carbocycles. The normalized spacial score (nSPS) is 12.3. The first-order valence-corrected chi connectivity index (χ1v) is 3.34. The summed E-state index contributed by atoms with van der Waals surface area (Å²) in [5.41, 5.74) is 0. The van der Waals surface area contributed by atoms with Gasteiger partial charge in [-0.3, -0.25) is 4.79 Å². The van der Waals surface area contributed by atoms with Crippen molar-refractivity contribution in [3.05, 3.63) is 12.3 Å². The number of Topliss-reactive ketones (excluding diaryl/α,β-unsaturated/α-hetero) is 1. The van der Waals surface area contributed by atoms with Crippen LogP contribution in [0.3, 0.4) is 0 Å². The molecule has 0 aliphatic rings. The molecule has 0 rings (SSSR count). The minimum absolute atomic E-state index is 0.0324. The Bertz CT molecular complexity index is 122. The van der Waals surface area contributed by atoms with E-state index in [9.17, 15) is 4.79 Å². The van der Waals surface area contributed by atoms with Crippen molar-refractivity contribution in [1.29, 1.82) is 0 Å². The summed E-state index contributed by atoms with van der Waals surface area (Å²) in [4.78, 5) is 10.5. The highest BCUT2D eigenvalue weighted by Gasteiger charge is 2.04. The van der Waals surface area contributed by atoms with Gasteiger partial charge in [0.1, 0.15) is 11.9 Å². The molecular formula is C8H14O2. The van der Waals surface area contributed by atoms with E-state index >= 15 is 0 Å². The first-order chi connectivity index (χ1) is 4.52. The van der Waals surface area contributed by atoms with E-state index < -0.39 is 0 Å². The molecule has 0 N–H and O–H groups in total. The summed E-state index contributed by atoms with van der Waals surface area (Å²) < 4.78 is 5.15. The first kappa shape index (κ1) is 9.21. The average molecular weight is 142 g/mol. The van der Waals surface area contributed by atoms with Gasteiger partial charge in [0, 0.05) is 6.42 Å². The van der Waals surface area contributed by atoms with Gasteiger partial charge in [-0.05, 0) is 20.8 Å². The van der Waals surface area contributed by atoms with Crippen LogP contribution in [0.25, 0.3) is 0 Å². The Labute approximate surface area is 61.9 Å². The predicted octanol–water partition coefficient (Wildman–Crippen LogP) is 1.90. The third-order valence-electron chi connectivity index (χ3n) is 0.977. The second kappa shape index (κ2) is 4.09.